The molecule has 0 aromatic heterocycles. The van der Waals surface area contributed by atoms with Gasteiger partial charge >= 0.3 is 18.1 Å². The van der Waals surface area contributed by atoms with E-state index in [0.29, 0.717) is 6.42 Å². The maximum Gasteiger partial charge on any atom is 0.410 e. The number of rotatable bonds is 12. The molecule has 0 saturated heterocycles. The first-order valence-corrected chi connectivity index (χ1v) is 13.4. The molecule has 3 rings (SSSR count). The van der Waals surface area contributed by atoms with E-state index in [-0.39, 0.29) is 18.9 Å². The maximum atomic E-state index is 13.2. The number of benzene rings is 2. The molecule has 2 aromatic carbocycles. The number of carbonyl (C=O) groups excluding carboxylic acids is 5. The van der Waals surface area contributed by atoms with Gasteiger partial charge in [-0.15, -0.1) is 0 Å². The monoisotopic (exact) mass is 567 g/mol. The molecule has 0 saturated carbocycles. The molecule has 0 aliphatic heterocycles. The Kier molecular flexibility index (Phi) is 10.7. The quantitative estimate of drug-likeness (QED) is 0.148. The van der Waals surface area contributed by atoms with Gasteiger partial charge in [0.15, 0.2) is 0 Å². The number of ether oxygens (including phenoxy) is 2. The molecule has 12 nitrogen and oxygen atoms in total. The Hall–Kier alpha value is -4.61. The lowest BCUT2D eigenvalue weighted by molar-refractivity contribution is -0.167. The molecule has 220 valence electrons. The third kappa shape index (κ3) is 7.96. The smallest absolute Gasteiger partial charge is 0.410 e. The summed E-state index contributed by atoms with van der Waals surface area (Å²) in [6.45, 7) is 4.90. The van der Waals surface area contributed by atoms with Crippen LogP contribution in [0, 0.1) is 5.92 Å². The molecule has 0 fully saturated rings. The molecule has 0 radical (unpaired) electrons. The van der Waals surface area contributed by atoms with Gasteiger partial charge in [0, 0.05) is 20.5 Å². The zero-order chi connectivity index (χ0) is 30.1. The second-order valence-electron chi connectivity index (χ2n) is 10.0. The van der Waals surface area contributed by atoms with E-state index in [4.69, 9.17) is 15.2 Å². The first kappa shape index (κ1) is 30.9. The van der Waals surface area contributed by atoms with E-state index in [9.17, 15) is 24.0 Å². The molecule has 2 aromatic rings. The number of carbonyl (C=O) groups is 5. The summed E-state index contributed by atoms with van der Waals surface area (Å²) >= 11 is 0. The number of hydrogen-bond donors (Lipinski definition) is 5. The lowest BCUT2D eigenvalue weighted by atomic mass is 9.96. The van der Waals surface area contributed by atoms with Crippen LogP contribution in [0.4, 0.5) is 9.59 Å². The molecule has 1 aliphatic carbocycles. The van der Waals surface area contributed by atoms with Crippen LogP contribution >= 0.6 is 0 Å². The van der Waals surface area contributed by atoms with Crippen molar-refractivity contribution in [1.29, 1.82) is 0 Å². The lowest BCUT2D eigenvalue weighted by Gasteiger charge is -2.28. The summed E-state index contributed by atoms with van der Waals surface area (Å²) in [7, 11) is 1.44. The first-order valence-electron chi connectivity index (χ1n) is 13.4. The average Bonchev–Trinajstić information content (AvgIpc) is 3.26. The highest BCUT2D eigenvalue weighted by atomic mass is 16.7. The van der Waals surface area contributed by atoms with Crippen LogP contribution in [-0.4, -0.2) is 61.9 Å². The molecular formula is C29H37N5O7. The molecule has 41 heavy (non-hydrogen) atoms. The minimum absolute atomic E-state index is 0.218. The number of primary amides is 1. The Bertz CT molecular complexity index is 1240. The summed E-state index contributed by atoms with van der Waals surface area (Å²) in [4.78, 5) is 61.7. The third-order valence-electron chi connectivity index (χ3n) is 6.73. The second-order valence-corrected chi connectivity index (χ2v) is 10.0. The van der Waals surface area contributed by atoms with Gasteiger partial charge in [-0.05, 0) is 41.0 Å². The average molecular weight is 568 g/mol. The Balaban J connectivity index is 1.75. The number of esters is 1. The number of nitrogens with one attached hydrogen (secondary N) is 4. The van der Waals surface area contributed by atoms with Crippen molar-refractivity contribution in [3.05, 3.63) is 59.7 Å². The van der Waals surface area contributed by atoms with Crippen molar-refractivity contribution >= 4 is 29.9 Å². The zero-order valence-electron chi connectivity index (χ0n) is 23.6. The van der Waals surface area contributed by atoms with Crippen molar-refractivity contribution in [2.75, 3.05) is 13.6 Å². The summed E-state index contributed by atoms with van der Waals surface area (Å²) in [5.74, 6) is -2.63. The van der Waals surface area contributed by atoms with Crippen molar-refractivity contribution < 1.29 is 33.4 Å². The van der Waals surface area contributed by atoms with E-state index in [2.05, 4.69) is 21.3 Å². The van der Waals surface area contributed by atoms with Crippen LogP contribution in [0.3, 0.4) is 0 Å². The van der Waals surface area contributed by atoms with Crippen molar-refractivity contribution in [2.24, 2.45) is 11.7 Å². The van der Waals surface area contributed by atoms with E-state index in [1.165, 1.54) is 14.0 Å². The van der Waals surface area contributed by atoms with Gasteiger partial charge in [0.2, 0.25) is 11.8 Å². The van der Waals surface area contributed by atoms with Crippen LogP contribution in [0.1, 0.15) is 50.7 Å². The molecule has 0 bridgehead atoms. The van der Waals surface area contributed by atoms with Gasteiger partial charge in [-0.2, -0.15) is 0 Å². The Morgan fingerprint density at radius 1 is 0.878 bits per heavy atom. The fourth-order valence-electron chi connectivity index (χ4n) is 4.84. The van der Waals surface area contributed by atoms with Gasteiger partial charge in [0.1, 0.15) is 12.1 Å². The Morgan fingerprint density at radius 3 is 1.98 bits per heavy atom. The number of likely N-dealkylation sites (N-methyl/N-ethyl adjacent to an activating group) is 1. The molecule has 1 unspecified atom stereocenters. The van der Waals surface area contributed by atoms with Crippen molar-refractivity contribution in [1.82, 2.24) is 21.3 Å². The molecule has 6 N–H and O–H groups in total. The standard InChI is InChI=1S/C29H37N5O7/c1-16(2)24(26(37)33-22(25(36)31-4)14-9-15-32-28(30)38)34-29(39)41-27(40-17(3)35)23-20-12-7-5-10-18(20)19-11-6-8-13-21(19)23/h5-8,10-13,16,22-24,27H,9,14-15H2,1-4H3,(H,31,36)(H,33,37)(H,34,39)(H3,30,32,38)/t22-,24-,27?/m0/s1. The van der Waals surface area contributed by atoms with E-state index in [0.717, 1.165) is 22.3 Å². The predicted molar refractivity (Wildman–Crippen MR) is 150 cm³/mol. The fourth-order valence-corrected chi connectivity index (χ4v) is 4.84. The fraction of sp³-hybridized carbons (Fsp3) is 0.414. The van der Waals surface area contributed by atoms with Gasteiger partial charge < -0.3 is 36.5 Å². The van der Waals surface area contributed by atoms with Crippen molar-refractivity contribution in [2.45, 2.75) is 57.9 Å². The highest BCUT2D eigenvalue weighted by Gasteiger charge is 2.39. The highest BCUT2D eigenvalue weighted by Crippen LogP contribution is 2.47. The minimum Gasteiger partial charge on any atom is -0.424 e. The molecule has 1 aliphatic rings. The van der Waals surface area contributed by atoms with Gasteiger partial charge in [0.25, 0.3) is 6.29 Å². The van der Waals surface area contributed by atoms with E-state index in [1.54, 1.807) is 13.8 Å². The summed E-state index contributed by atoms with van der Waals surface area (Å²) < 4.78 is 11.2. The van der Waals surface area contributed by atoms with Crippen LogP contribution in [0.5, 0.6) is 0 Å². The van der Waals surface area contributed by atoms with Gasteiger partial charge in [0.05, 0.1) is 5.92 Å². The maximum absolute atomic E-state index is 13.2. The van der Waals surface area contributed by atoms with E-state index >= 15 is 0 Å². The van der Waals surface area contributed by atoms with Gasteiger partial charge in [-0.1, -0.05) is 62.4 Å². The van der Waals surface area contributed by atoms with Gasteiger partial charge in [-0.3, -0.25) is 14.4 Å². The molecule has 5 amide bonds. The lowest BCUT2D eigenvalue weighted by Crippen LogP contribution is -2.55. The van der Waals surface area contributed by atoms with Crippen LogP contribution < -0.4 is 27.0 Å². The molecule has 0 spiro atoms. The number of hydrogen-bond acceptors (Lipinski definition) is 7. The Labute approximate surface area is 238 Å². The summed E-state index contributed by atoms with van der Waals surface area (Å²) in [5.41, 5.74) is 8.63. The van der Waals surface area contributed by atoms with Gasteiger partial charge in [-0.25, -0.2) is 9.59 Å². The van der Waals surface area contributed by atoms with Crippen LogP contribution in [0.15, 0.2) is 48.5 Å². The summed E-state index contributed by atoms with van der Waals surface area (Å²) in [6, 6.07) is 12.5. The number of amides is 5. The molecule has 3 atom stereocenters. The van der Waals surface area contributed by atoms with Crippen molar-refractivity contribution in [3.63, 3.8) is 0 Å². The normalized spacial score (nSPS) is 14.1. The number of nitrogens with two attached hydrogens (primary N) is 1. The van der Waals surface area contributed by atoms with E-state index in [1.807, 2.05) is 48.5 Å². The number of alkyl carbamates (subject to hydrolysis) is 1. The summed E-state index contributed by atoms with van der Waals surface area (Å²) in [5, 5.41) is 10.1. The predicted octanol–water partition coefficient (Wildman–Crippen LogP) is 2.12. The topological polar surface area (TPSA) is 178 Å². The van der Waals surface area contributed by atoms with Crippen LogP contribution in [-0.2, 0) is 23.9 Å². The number of fused-ring (bicyclic) bond motifs is 3. The first-order chi connectivity index (χ1) is 19.5. The van der Waals surface area contributed by atoms with Crippen LogP contribution in [0.25, 0.3) is 11.1 Å². The zero-order valence-corrected chi connectivity index (χ0v) is 23.6. The Morgan fingerprint density at radius 2 is 1.46 bits per heavy atom. The van der Waals surface area contributed by atoms with Crippen molar-refractivity contribution in [3.8, 4) is 11.1 Å². The molecular weight excluding hydrogens is 530 g/mol. The minimum atomic E-state index is -1.30. The highest BCUT2D eigenvalue weighted by molar-refractivity contribution is 5.91. The largest absolute Gasteiger partial charge is 0.424 e. The second kappa shape index (κ2) is 14.1. The SMILES string of the molecule is CNC(=O)[C@H](CCCNC(N)=O)NC(=O)[C@@H](NC(=O)OC(OC(C)=O)C1c2ccccc2-c2ccccc21)C(C)C. The van der Waals surface area contributed by atoms with Crippen LogP contribution in [0.2, 0.25) is 0 Å². The molecule has 0 heterocycles. The van der Waals surface area contributed by atoms with E-state index < -0.39 is 54.2 Å². The molecule has 12 heteroatoms. The third-order valence-corrected chi connectivity index (χ3v) is 6.73. The summed E-state index contributed by atoms with van der Waals surface area (Å²) in [6.07, 6.45) is -1.67. The number of urea groups is 1.